The van der Waals surface area contributed by atoms with E-state index in [9.17, 15) is 9.59 Å². The second kappa shape index (κ2) is 9.87. The molecule has 0 fully saturated rings. The summed E-state index contributed by atoms with van der Waals surface area (Å²) in [6, 6.07) is 16.9. The average molecular weight is 339 g/mol. The topological polar surface area (TPSA) is 79.8 Å². The number of hydrogen-bond acceptors (Lipinski definition) is 4. The molecule has 2 aromatic rings. The number of ether oxygens (including phenoxy) is 1. The zero-order valence-electron chi connectivity index (χ0n) is 14.1. The molecule has 0 spiro atoms. The Morgan fingerprint density at radius 2 is 1.68 bits per heavy atom. The Bertz CT molecular complexity index is 712. The van der Waals surface area contributed by atoms with E-state index >= 15 is 0 Å². The maximum absolute atomic E-state index is 11.7. The Hall–Kier alpha value is -3.15. The SMILES string of the molecule is COc1ccc(/C=N/NC(=O)CCC(=O)NCc2ccccc2)cc1. The number of rotatable bonds is 8. The second-order valence-corrected chi connectivity index (χ2v) is 5.33. The van der Waals surface area contributed by atoms with Gasteiger partial charge in [0, 0.05) is 19.4 Å². The fraction of sp³-hybridized carbons (Fsp3) is 0.211. The minimum atomic E-state index is -0.306. The molecule has 0 aliphatic rings. The molecule has 0 saturated heterocycles. The second-order valence-electron chi connectivity index (χ2n) is 5.33. The zero-order valence-corrected chi connectivity index (χ0v) is 14.1. The highest BCUT2D eigenvalue weighted by Gasteiger charge is 2.06. The molecule has 0 aliphatic carbocycles. The molecule has 0 aliphatic heterocycles. The van der Waals surface area contributed by atoms with Crippen LogP contribution in [0.2, 0.25) is 0 Å². The van der Waals surface area contributed by atoms with Gasteiger partial charge < -0.3 is 10.1 Å². The molecule has 0 bridgehead atoms. The van der Waals surface area contributed by atoms with E-state index in [1.807, 2.05) is 42.5 Å². The summed E-state index contributed by atoms with van der Waals surface area (Å²) in [5, 5.41) is 6.65. The van der Waals surface area contributed by atoms with Crippen LogP contribution in [0.4, 0.5) is 0 Å². The maximum Gasteiger partial charge on any atom is 0.240 e. The van der Waals surface area contributed by atoms with Crippen molar-refractivity contribution in [2.24, 2.45) is 5.10 Å². The summed E-state index contributed by atoms with van der Waals surface area (Å²) in [6.07, 6.45) is 1.74. The molecular weight excluding hydrogens is 318 g/mol. The molecule has 0 aromatic heterocycles. The standard InChI is InChI=1S/C19H21N3O3/c1-25-17-9-7-16(8-10-17)14-21-22-19(24)12-11-18(23)20-13-15-5-3-2-4-6-15/h2-10,14H,11-13H2,1H3,(H,20,23)(H,22,24)/b21-14+. The highest BCUT2D eigenvalue weighted by atomic mass is 16.5. The quantitative estimate of drug-likeness (QED) is 0.572. The Morgan fingerprint density at radius 3 is 2.36 bits per heavy atom. The van der Waals surface area contributed by atoms with E-state index in [1.165, 1.54) is 6.21 Å². The number of nitrogens with one attached hydrogen (secondary N) is 2. The van der Waals surface area contributed by atoms with Crippen LogP contribution in [-0.2, 0) is 16.1 Å². The summed E-state index contributed by atoms with van der Waals surface area (Å²) in [4.78, 5) is 23.4. The smallest absolute Gasteiger partial charge is 0.240 e. The van der Waals surface area contributed by atoms with Crippen molar-refractivity contribution in [3.8, 4) is 5.75 Å². The van der Waals surface area contributed by atoms with Crippen molar-refractivity contribution in [2.45, 2.75) is 19.4 Å². The summed E-state index contributed by atoms with van der Waals surface area (Å²) >= 11 is 0. The lowest BCUT2D eigenvalue weighted by Crippen LogP contribution is -2.25. The van der Waals surface area contributed by atoms with Crippen LogP contribution in [0.25, 0.3) is 0 Å². The Balaban J connectivity index is 1.65. The third-order valence-corrected chi connectivity index (χ3v) is 3.43. The normalized spacial score (nSPS) is 10.4. The van der Waals surface area contributed by atoms with Crippen LogP contribution >= 0.6 is 0 Å². The van der Waals surface area contributed by atoms with Crippen LogP contribution in [0.5, 0.6) is 5.75 Å². The predicted molar refractivity (Wildman–Crippen MR) is 96.3 cm³/mol. The summed E-state index contributed by atoms with van der Waals surface area (Å²) in [5.41, 5.74) is 4.26. The lowest BCUT2D eigenvalue weighted by Gasteiger charge is -2.05. The predicted octanol–water partition coefficient (Wildman–Crippen LogP) is 2.24. The van der Waals surface area contributed by atoms with Gasteiger partial charge in [0.15, 0.2) is 0 Å². The van der Waals surface area contributed by atoms with Gasteiger partial charge in [-0.3, -0.25) is 9.59 Å². The van der Waals surface area contributed by atoms with Gasteiger partial charge in [0.05, 0.1) is 13.3 Å². The van der Waals surface area contributed by atoms with Crippen LogP contribution in [0.1, 0.15) is 24.0 Å². The van der Waals surface area contributed by atoms with Gasteiger partial charge in [0.25, 0.3) is 0 Å². The molecule has 0 atom stereocenters. The van der Waals surface area contributed by atoms with E-state index < -0.39 is 0 Å². The van der Waals surface area contributed by atoms with E-state index in [2.05, 4.69) is 15.8 Å². The van der Waals surface area contributed by atoms with Crippen LogP contribution < -0.4 is 15.5 Å². The molecule has 2 N–H and O–H groups in total. The zero-order chi connectivity index (χ0) is 17.9. The number of nitrogens with zero attached hydrogens (tertiary/aromatic N) is 1. The van der Waals surface area contributed by atoms with Crippen molar-refractivity contribution < 1.29 is 14.3 Å². The first-order valence-electron chi connectivity index (χ1n) is 7.94. The summed E-state index contributed by atoms with van der Waals surface area (Å²) < 4.78 is 5.06. The minimum absolute atomic E-state index is 0.0839. The number of hydrogen-bond donors (Lipinski definition) is 2. The van der Waals surface area contributed by atoms with Crippen molar-refractivity contribution in [2.75, 3.05) is 7.11 Å². The van der Waals surface area contributed by atoms with Crippen molar-refractivity contribution in [1.82, 2.24) is 10.7 Å². The molecule has 130 valence electrons. The van der Waals surface area contributed by atoms with E-state index in [4.69, 9.17) is 4.74 Å². The van der Waals surface area contributed by atoms with Gasteiger partial charge in [0.1, 0.15) is 5.75 Å². The van der Waals surface area contributed by atoms with Crippen LogP contribution in [-0.4, -0.2) is 25.1 Å². The Morgan fingerprint density at radius 1 is 1.00 bits per heavy atom. The van der Waals surface area contributed by atoms with Crippen molar-refractivity contribution in [1.29, 1.82) is 0 Å². The van der Waals surface area contributed by atoms with E-state index in [0.29, 0.717) is 6.54 Å². The fourth-order valence-electron chi connectivity index (χ4n) is 2.04. The summed E-state index contributed by atoms with van der Waals surface area (Å²) in [6.45, 7) is 0.455. The third-order valence-electron chi connectivity index (χ3n) is 3.43. The number of carbonyl (C=O) groups excluding carboxylic acids is 2. The molecule has 0 heterocycles. The first kappa shape index (κ1) is 18.2. The van der Waals surface area contributed by atoms with E-state index in [0.717, 1.165) is 16.9 Å². The number of amides is 2. The summed E-state index contributed by atoms with van der Waals surface area (Å²) in [7, 11) is 1.60. The molecule has 25 heavy (non-hydrogen) atoms. The number of hydrazone groups is 1. The van der Waals surface area contributed by atoms with Gasteiger partial charge in [0.2, 0.25) is 11.8 Å². The highest BCUT2D eigenvalue weighted by Crippen LogP contribution is 2.09. The monoisotopic (exact) mass is 339 g/mol. The molecule has 0 saturated carbocycles. The maximum atomic E-state index is 11.7. The van der Waals surface area contributed by atoms with Crippen LogP contribution in [0, 0.1) is 0 Å². The first-order valence-corrected chi connectivity index (χ1v) is 7.94. The highest BCUT2D eigenvalue weighted by molar-refractivity contribution is 5.85. The molecular formula is C19H21N3O3. The number of methoxy groups -OCH3 is 1. The van der Waals surface area contributed by atoms with E-state index in [1.54, 1.807) is 19.2 Å². The van der Waals surface area contributed by atoms with Gasteiger partial charge in [-0.2, -0.15) is 5.10 Å². The number of carbonyl (C=O) groups is 2. The molecule has 2 aromatic carbocycles. The Kier molecular flexibility index (Phi) is 7.18. The Labute approximate surface area is 146 Å². The minimum Gasteiger partial charge on any atom is -0.497 e. The molecule has 6 nitrogen and oxygen atoms in total. The van der Waals surface area contributed by atoms with Gasteiger partial charge in [-0.05, 0) is 35.4 Å². The van der Waals surface area contributed by atoms with Crippen LogP contribution in [0.15, 0.2) is 59.7 Å². The molecule has 2 amide bonds. The van der Waals surface area contributed by atoms with Crippen molar-refractivity contribution in [3.63, 3.8) is 0 Å². The lowest BCUT2D eigenvalue weighted by molar-refractivity contribution is -0.126. The molecule has 0 unspecified atom stereocenters. The lowest BCUT2D eigenvalue weighted by atomic mass is 10.2. The van der Waals surface area contributed by atoms with E-state index in [-0.39, 0.29) is 24.7 Å². The third kappa shape index (κ3) is 6.87. The van der Waals surface area contributed by atoms with Gasteiger partial charge in [-0.1, -0.05) is 30.3 Å². The van der Waals surface area contributed by atoms with Gasteiger partial charge >= 0.3 is 0 Å². The molecule has 6 heteroatoms. The molecule has 0 radical (unpaired) electrons. The van der Waals surface area contributed by atoms with Crippen LogP contribution in [0.3, 0.4) is 0 Å². The molecule has 2 rings (SSSR count). The first-order chi connectivity index (χ1) is 12.2. The van der Waals surface area contributed by atoms with Crippen molar-refractivity contribution in [3.05, 3.63) is 65.7 Å². The van der Waals surface area contributed by atoms with Crippen molar-refractivity contribution >= 4 is 18.0 Å². The fourth-order valence-corrected chi connectivity index (χ4v) is 2.04. The average Bonchev–Trinajstić information content (AvgIpc) is 2.66. The van der Waals surface area contributed by atoms with Gasteiger partial charge in [-0.25, -0.2) is 5.43 Å². The largest absolute Gasteiger partial charge is 0.497 e. The summed E-state index contributed by atoms with van der Waals surface area (Å²) in [5.74, 6) is 0.278. The van der Waals surface area contributed by atoms with Gasteiger partial charge in [-0.15, -0.1) is 0 Å². The number of benzene rings is 2.